The molecule has 1 fully saturated rings. The summed E-state index contributed by atoms with van der Waals surface area (Å²) in [5.41, 5.74) is -0.448. The lowest BCUT2D eigenvalue weighted by molar-refractivity contribution is 0.102. The Hall–Kier alpha value is -2.97. The summed E-state index contributed by atoms with van der Waals surface area (Å²) in [7, 11) is 3.72. The zero-order chi connectivity index (χ0) is 19.4. The average molecular weight is 377 g/mol. The van der Waals surface area contributed by atoms with Gasteiger partial charge in [0, 0.05) is 26.7 Å². The zero-order valence-electron chi connectivity index (χ0n) is 15.2. The smallest absolute Gasteiger partial charge is 0.322 e. The summed E-state index contributed by atoms with van der Waals surface area (Å²) in [6.07, 6.45) is 1.19. The second kappa shape index (κ2) is 8.15. The minimum atomic E-state index is -0.815. The van der Waals surface area contributed by atoms with E-state index < -0.39 is 23.4 Å². The molecule has 1 saturated heterocycles. The second-order valence-electron chi connectivity index (χ2n) is 6.48. The molecule has 2 heterocycles. The molecule has 0 saturated carbocycles. The van der Waals surface area contributed by atoms with Crippen LogP contribution in [-0.2, 0) is 0 Å². The quantitative estimate of drug-likeness (QED) is 0.887. The highest BCUT2D eigenvalue weighted by molar-refractivity contribution is 5.89. The molecule has 2 amide bonds. The van der Waals surface area contributed by atoms with Gasteiger partial charge in [0.2, 0.25) is 5.88 Å². The third-order valence-corrected chi connectivity index (χ3v) is 4.23. The molecule has 0 spiro atoms. The van der Waals surface area contributed by atoms with Crippen molar-refractivity contribution in [2.75, 3.05) is 37.4 Å². The van der Waals surface area contributed by atoms with Crippen LogP contribution >= 0.6 is 0 Å². The van der Waals surface area contributed by atoms with Gasteiger partial charge in [-0.15, -0.1) is 10.2 Å². The Morgan fingerprint density at radius 3 is 2.59 bits per heavy atom. The number of para-hydroxylation sites is 1. The van der Waals surface area contributed by atoms with Crippen LogP contribution < -0.4 is 15.0 Å². The molecule has 1 aromatic carbocycles. The largest absolute Gasteiger partial charge is 0.471 e. The number of carbonyl (C=O) groups excluding carboxylic acids is 1. The highest BCUT2D eigenvalue weighted by Gasteiger charge is 2.26. The predicted molar refractivity (Wildman–Crippen MR) is 97.0 cm³/mol. The molecule has 27 heavy (non-hydrogen) atoms. The summed E-state index contributed by atoms with van der Waals surface area (Å²) < 4.78 is 33.2. The third kappa shape index (κ3) is 4.60. The van der Waals surface area contributed by atoms with Crippen LogP contribution in [0.2, 0.25) is 0 Å². The third-order valence-electron chi connectivity index (χ3n) is 4.23. The number of urea groups is 1. The maximum absolute atomic E-state index is 13.7. The molecule has 1 N–H and O–H groups in total. The maximum Gasteiger partial charge on any atom is 0.322 e. The van der Waals surface area contributed by atoms with Crippen LogP contribution in [0.5, 0.6) is 5.88 Å². The SMILES string of the molecule is CN(C)c1ccc(OC2CCCN(C(=O)Nc3c(F)cccc3F)C2)nn1. The van der Waals surface area contributed by atoms with Crippen molar-refractivity contribution in [1.82, 2.24) is 15.1 Å². The first-order valence-corrected chi connectivity index (χ1v) is 8.61. The van der Waals surface area contributed by atoms with Crippen LogP contribution in [0, 0.1) is 11.6 Å². The van der Waals surface area contributed by atoms with E-state index >= 15 is 0 Å². The van der Waals surface area contributed by atoms with E-state index in [4.69, 9.17) is 4.74 Å². The number of likely N-dealkylation sites (tertiary alicyclic amines) is 1. The Labute approximate surface area is 155 Å². The number of carbonyl (C=O) groups is 1. The number of benzene rings is 1. The lowest BCUT2D eigenvalue weighted by Crippen LogP contribution is -2.46. The highest BCUT2D eigenvalue weighted by atomic mass is 19.1. The Morgan fingerprint density at radius 2 is 1.96 bits per heavy atom. The minimum Gasteiger partial charge on any atom is -0.471 e. The van der Waals surface area contributed by atoms with Gasteiger partial charge >= 0.3 is 6.03 Å². The lowest BCUT2D eigenvalue weighted by atomic mass is 10.1. The number of nitrogens with zero attached hydrogens (tertiary/aromatic N) is 4. The van der Waals surface area contributed by atoms with E-state index in [-0.39, 0.29) is 6.10 Å². The summed E-state index contributed by atoms with van der Waals surface area (Å²) in [6, 6.07) is 6.37. The fraction of sp³-hybridized carbons (Fsp3) is 0.389. The molecule has 7 nitrogen and oxygen atoms in total. The van der Waals surface area contributed by atoms with Crippen molar-refractivity contribution in [1.29, 1.82) is 0 Å². The van der Waals surface area contributed by atoms with Crippen LogP contribution in [0.4, 0.5) is 25.1 Å². The first kappa shape index (κ1) is 18.8. The van der Waals surface area contributed by atoms with Crippen molar-refractivity contribution in [2.24, 2.45) is 0 Å². The van der Waals surface area contributed by atoms with Gasteiger partial charge in [-0.2, -0.15) is 0 Å². The van der Waals surface area contributed by atoms with Gasteiger partial charge in [-0.25, -0.2) is 13.6 Å². The molecule has 1 unspecified atom stereocenters. The van der Waals surface area contributed by atoms with E-state index in [1.54, 1.807) is 12.1 Å². The van der Waals surface area contributed by atoms with Gasteiger partial charge in [0.15, 0.2) is 5.82 Å². The molecule has 1 atom stereocenters. The summed E-state index contributed by atoms with van der Waals surface area (Å²) in [5, 5.41) is 10.4. The lowest BCUT2D eigenvalue weighted by Gasteiger charge is -2.32. The van der Waals surface area contributed by atoms with E-state index in [1.807, 2.05) is 19.0 Å². The average Bonchev–Trinajstić information content (AvgIpc) is 2.65. The normalized spacial score (nSPS) is 16.7. The summed E-state index contributed by atoms with van der Waals surface area (Å²) >= 11 is 0. The van der Waals surface area contributed by atoms with Crippen molar-refractivity contribution in [3.05, 3.63) is 42.0 Å². The fourth-order valence-corrected chi connectivity index (χ4v) is 2.81. The molecular weight excluding hydrogens is 356 g/mol. The number of piperidine rings is 1. The van der Waals surface area contributed by atoms with E-state index in [2.05, 4.69) is 15.5 Å². The van der Waals surface area contributed by atoms with Crippen molar-refractivity contribution >= 4 is 17.5 Å². The van der Waals surface area contributed by atoms with Crippen LogP contribution in [0.25, 0.3) is 0 Å². The van der Waals surface area contributed by atoms with Gasteiger partial charge in [0.25, 0.3) is 0 Å². The maximum atomic E-state index is 13.7. The van der Waals surface area contributed by atoms with Gasteiger partial charge < -0.3 is 19.9 Å². The van der Waals surface area contributed by atoms with Gasteiger partial charge in [-0.3, -0.25) is 0 Å². The molecule has 9 heteroatoms. The van der Waals surface area contributed by atoms with E-state index in [0.29, 0.717) is 31.2 Å². The topological polar surface area (TPSA) is 70.6 Å². The van der Waals surface area contributed by atoms with Crippen molar-refractivity contribution < 1.29 is 18.3 Å². The monoisotopic (exact) mass is 377 g/mol. The van der Waals surface area contributed by atoms with Crippen molar-refractivity contribution in [3.8, 4) is 5.88 Å². The van der Waals surface area contributed by atoms with Gasteiger partial charge in [-0.05, 0) is 31.0 Å². The first-order valence-electron chi connectivity index (χ1n) is 8.61. The number of rotatable bonds is 4. The summed E-state index contributed by atoms with van der Waals surface area (Å²) in [5.74, 6) is -0.555. The molecule has 0 bridgehead atoms. The molecule has 2 aromatic rings. The van der Waals surface area contributed by atoms with E-state index in [0.717, 1.165) is 18.6 Å². The number of hydrogen-bond acceptors (Lipinski definition) is 5. The van der Waals surface area contributed by atoms with Gasteiger partial charge in [-0.1, -0.05) is 6.07 Å². The molecule has 0 radical (unpaired) electrons. The first-order chi connectivity index (χ1) is 12.9. The fourth-order valence-electron chi connectivity index (χ4n) is 2.81. The van der Waals surface area contributed by atoms with Crippen molar-refractivity contribution in [2.45, 2.75) is 18.9 Å². The Bertz CT molecular complexity index is 781. The molecule has 144 valence electrons. The Morgan fingerprint density at radius 1 is 1.22 bits per heavy atom. The van der Waals surface area contributed by atoms with Gasteiger partial charge in [0.1, 0.15) is 23.4 Å². The molecule has 3 rings (SSSR count). The van der Waals surface area contributed by atoms with Crippen LogP contribution in [0.1, 0.15) is 12.8 Å². The van der Waals surface area contributed by atoms with E-state index in [1.165, 1.54) is 11.0 Å². The van der Waals surface area contributed by atoms with Gasteiger partial charge in [0.05, 0.1) is 6.54 Å². The summed E-state index contributed by atoms with van der Waals surface area (Å²) in [6.45, 7) is 0.770. The number of hydrogen-bond donors (Lipinski definition) is 1. The second-order valence-corrected chi connectivity index (χ2v) is 6.48. The summed E-state index contributed by atoms with van der Waals surface area (Å²) in [4.78, 5) is 15.7. The zero-order valence-corrected chi connectivity index (χ0v) is 15.2. The molecule has 0 aliphatic carbocycles. The predicted octanol–water partition coefficient (Wildman–Crippen LogP) is 2.90. The number of halogens is 2. The number of nitrogens with one attached hydrogen (secondary N) is 1. The van der Waals surface area contributed by atoms with E-state index in [9.17, 15) is 13.6 Å². The molecular formula is C18H21F2N5O2. The highest BCUT2D eigenvalue weighted by Crippen LogP contribution is 2.21. The minimum absolute atomic E-state index is 0.269. The molecule has 1 aromatic heterocycles. The Balaban J connectivity index is 1.61. The number of ether oxygens (including phenoxy) is 1. The van der Waals surface area contributed by atoms with Crippen molar-refractivity contribution in [3.63, 3.8) is 0 Å². The number of amides is 2. The molecule has 1 aliphatic rings. The Kier molecular flexibility index (Phi) is 5.68. The number of aromatic nitrogens is 2. The molecule has 1 aliphatic heterocycles. The standard InChI is InChI=1S/C18H21F2N5O2/c1-24(2)15-8-9-16(23-22-15)27-12-5-4-10-25(11-12)18(26)21-17-13(19)6-3-7-14(17)20/h3,6-9,12H,4-5,10-11H2,1-2H3,(H,21,26). The van der Waals surface area contributed by atoms with Crippen LogP contribution in [-0.4, -0.2) is 54.4 Å². The van der Waals surface area contributed by atoms with Crippen LogP contribution in [0.15, 0.2) is 30.3 Å². The number of anilines is 2. The van der Waals surface area contributed by atoms with Crippen LogP contribution in [0.3, 0.4) is 0 Å².